The topological polar surface area (TPSA) is 93.1 Å². The predicted octanol–water partition coefficient (Wildman–Crippen LogP) is 3.17. The number of aliphatic hydroxyl groups is 2. The lowest BCUT2D eigenvalue weighted by Gasteiger charge is -2.15. The molecular weight excluding hydrogens is 392 g/mol. The van der Waals surface area contributed by atoms with E-state index in [2.05, 4.69) is 0 Å². The van der Waals surface area contributed by atoms with Gasteiger partial charge in [-0.2, -0.15) is 0 Å². The van der Waals surface area contributed by atoms with E-state index in [4.69, 9.17) is 19.7 Å². The van der Waals surface area contributed by atoms with E-state index in [1.54, 1.807) is 24.3 Å². The highest BCUT2D eigenvalue weighted by molar-refractivity contribution is 7.91. The zero-order valence-corrected chi connectivity index (χ0v) is 17.9. The Bertz CT molecular complexity index is 825. The molecule has 0 saturated carbocycles. The fourth-order valence-electron chi connectivity index (χ4n) is 3.10. The molecule has 6 nitrogen and oxygen atoms in total. The van der Waals surface area contributed by atoms with Crippen LogP contribution in [0.1, 0.15) is 37.8 Å². The third-order valence-corrected chi connectivity index (χ3v) is 6.17. The van der Waals surface area contributed by atoms with Crippen molar-refractivity contribution in [1.29, 1.82) is 0 Å². The molecule has 2 rings (SSSR count). The van der Waals surface area contributed by atoms with Crippen molar-refractivity contribution >= 4 is 9.84 Å². The van der Waals surface area contributed by atoms with Crippen LogP contribution < -0.4 is 9.47 Å². The molecule has 2 aromatic rings. The van der Waals surface area contributed by atoms with Crippen LogP contribution in [0.3, 0.4) is 0 Å². The van der Waals surface area contributed by atoms with Crippen LogP contribution in [0.2, 0.25) is 0 Å². The lowest BCUT2D eigenvalue weighted by molar-refractivity contribution is 0.200. The van der Waals surface area contributed by atoms with E-state index in [-0.39, 0.29) is 36.2 Å². The monoisotopic (exact) mass is 422 g/mol. The zero-order chi connectivity index (χ0) is 21.3. The van der Waals surface area contributed by atoms with Gasteiger partial charge in [-0.15, -0.1) is 0 Å². The maximum Gasteiger partial charge on any atom is 0.206 e. The molecule has 2 N–H and O–H groups in total. The van der Waals surface area contributed by atoms with Gasteiger partial charge < -0.3 is 19.7 Å². The fourth-order valence-corrected chi connectivity index (χ4v) is 4.47. The van der Waals surface area contributed by atoms with Crippen LogP contribution in [-0.4, -0.2) is 45.1 Å². The highest BCUT2D eigenvalue weighted by Gasteiger charge is 2.21. The maximum atomic E-state index is 13.2. The first-order chi connectivity index (χ1) is 14.0. The zero-order valence-electron chi connectivity index (χ0n) is 17.1. The average molecular weight is 423 g/mol. The third-order valence-electron chi connectivity index (χ3n) is 4.42. The number of rotatable bonds is 12. The van der Waals surface area contributed by atoms with Crippen molar-refractivity contribution in [1.82, 2.24) is 0 Å². The Morgan fingerprint density at radius 2 is 1.17 bits per heavy atom. The molecule has 0 aliphatic rings. The second kappa shape index (κ2) is 11.2. The van der Waals surface area contributed by atoms with Gasteiger partial charge in [-0.05, 0) is 60.4 Å². The van der Waals surface area contributed by atoms with Crippen LogP contribution in [0.25, 0.3) is 0 Å². The number of hydrogen-bond acceptors (Lipinski definition) is 6. The van der Waals surface area contributed by atoms with Gasteiger partial charge in [-0.3, -0.25) is 0 Å². The molecule has 0 radical (unpaired) electrons. The summed E-state index contributed by atoms with van der Waals surface area (Å²) < 4.78 is 37.5. The van der Waals surface area contributed by atoms with Gasteiger partial charge in [-0.25, -0.2) is 8.42 Å². The van der Waals surface area contributed by atoms with Crippen molar-refractivity contribution in [3.63, 3.8) is 0 Å². The Labute approximate surface area is 173 Å². The van der Waals surface area contributed by atoms with Crippen molar-refractivity contribution in [2.75, 3.05) is 26.4 Å². The standard InChI is InChI=1S/C22H30O6S/c1-3-5-17-15-19(7-9-21(17)27-13-11-23)29(25,26)20-8-10-22(28-14-12-24)18(16-20)6-4-2/h7-10,15-16,23-24H,3-6,11-14H2,1-2H3. The Morgan fingerprint density at radius 3 is 1.52 bits per heavy atom. The van der Waals surface area contributed by atoms with Gasteiger partial charge in [0, 0.05) is 0 Å². The number of hydrogen-bond donors (Lipinski definition) is 2. The lowest BCUT2D eigenvalue weighted by atomic mass is 10.1. The number of sulfone groups is 1. The Balaban J connectivity index is 2.43. The molecule has 160 valence electrons. The first-order valence-electron chi connectivity index (χ1n) is 9.96. The normalized spacial score (nSPS) is 11.4. The van der Waals surface area contributed by atoms with Gasteiger partial charge in [0.05, 0.1) is 23.0 Å². The molecule has 0 spiro atoms. The number of ether oxygens (including phenoxy) is 2. The lowest BCUT2D eigenvalue weighted by Crippen LogP contribution is -2.08. The highest BCUT2D eigenvalue weighted by Crippen LogP contribution is 2.31. The van der Waals surface area contributed by atoms with E-state index in [0.717, 1.165) is 24.0 Å². The second-order valence-electron chi connectivity index (χ2n) is 6.69. The van der Waals surface area contributed by atoms with Gasteiger partial charge in [0.25, 0.3) is 0 Å². The first-order valence-corrected chi connectivity index (χ1v) is 11.4. The summed E-state index contributed by atoms with van der Waals surface area (Å²) in [4.78, 5) is 0.424. The summed E-state index contributed by atoms with van der Waals surface area (Å²) in [7, 11) is -3.71. The third kappa shape index (κ3) is 5.95. The summed E-state index contributed by atoms with van der Waals surface area (Å²) in [6, 6.07) is 9.69. The van der Waals surface area contributed by atoms with E-state index < -0.39 is 9.84 Å². The van der Waals surface area contributed by atoms with Gasteiger partial charge in [0.15, 0.2) is 0 Å². The van der Waals surface area contributed by atoms with Crippen LogP contribution >= 0.6 is 0 Å². The minimum Gasteiger partial charge on any atom is -0.491 e. The van der Waals surface area contributed by atoms with Crippen molar-refractivity contribution in [3.8, 4) is 11.5 Å². The average Bonchev–Trinajstić information content (AvgIpc) is 2.72. The second-order valence-corrected chi connectivity index (χ2v) is 8.64. The summed E-state index contributed by atoms with van der Waals surface area (Å²) in [6.45, 7) is 4.16. The van der Waals surface area contributed by atoms with E-state index in [1.807, 2.05) is 13.8 Å². The molecule has 0 fully saturated rings. The molecule has 0 atom stereocenters. The first kappa shape index (κ1) is 23.2. The fraction of sp³-hybridized carbons (Fsp3) is 0.455. The minimum absolute atomic E-state index is 0.101. The Morgan fingerprint density at radius 1 is 0.759 bits per heavy atom. The smallest absolute Gasteiger partial charge is 0.206 e. The quantitative estimate of drug-likeness (QED) is 0.546. The van der Waals surface area contributed by atoms with Gasteiger partial charge >= 0.3 is 0 Å². The molecule has 7 heteroatoms. The predicted molar refractivity (Wildman–Crippen MR) is 111 cm³/mol. The summed E-state index contributed by atoms with van der Waals surface area (Å²) >= 11 is 0. The van der Waals surface area contributed by atoms with Gasteiger partial charge in [-0.1, -0.05) is 26.7 Å². The highest BCUT2D eigenvalue weighted by atomic mass is 32.2. The van der Waals surface area contributed by atoms with E-state index >= 15 is 0 Å². The van der Waals surface area contributed by atoms with Gasteiger partial charge in [0.2, 0.25) is 9.84 Å². The molecule has 0 amide bonds. The largest absolute Gasteiger partial charge is 0.491 e. The molecular formula is C22H30O6S. The van der Waals surface area contributed by atoms with Crippen LogP contribution in [0.15, 0.2) is 46.2 Å². The Hall–Kier alpha value is -2.09. The van der Waals surface area contributed by atoms with Crippen molar-refractivity contribution in [3.05, 3.63) is 47.5 Å². The number of benzene rings is 2. The Kier molecular flexibility index (Phi) is 8.95. The molecule has 29 heavy (non-hydrogen) atoms. The maximum absolute atomic E-state index is 13.2. The molecule has 0 heterocycles. The van der Waals surface area contributed by atoms with Gasteiger partial charge in [0.1, 0.15) is 24.7 Å². The summed E-state index contributed by atoms with van der Waals surface area (Å²) in [6.07, 6.45) is 3.05. The van der Waals surface area contributed by atoms with Crippen molar-refractivity contribution < 1.29 is 28.1 Å². The van der Waals surface area contributed by atoms with Crippen molar-refractivity contribution in [2.45, 2.75) is 49.3 Å². The minimum atomic E-state index is -3.71. The molecule has 0 bridgehead atoms. The molecule has 0 saturated heterocycles. The summed E-state index contributed by atoms with van der Waals surface area (Å²) in [5.41, 5.74) is 1.61. The summed E-state index contributed by atoms with van der Waals surface area (Å²) in [5, 5.41) is 18.0. The van der Waals surface area contributed by atoms with Crippen LogP contribution in [-0.2, 0) is 22.7 Å². The number of aliphatic hydroxyl groups excluding tert-OH is 2. The van der Waals surface area contributed by atoms with Crippen LogP contribution in [0.5, 0.6) is 11.5 Å². The summed E-state index contributed by atoms with van der Waals surface area (Å²) in [5.74, 6) is 1.19. The van der Waals surface area contributed by atoms with E-state index in [9.17, 15) is 8.42 Å². The molecule has 0 aliphatic heterocycles. The molecule has 2 aromatic carbocycles. The number of aryl methyl sites for hydroxylation is 2. The van der Waals surface area contributed by atoms with E-state index in [1.165, 1.54) is 12.1 Å². The molecule has 0 aromatic heterocycles. The SMILES string of the molecule is CCCc1cc(S(=O)(=O)c2ccc(OCCO)c(CCC)c2)ccc1OCCO. The molecule has 0 unspecified atom stereocenters. The van der Waals surface area contributed by atoms with Crippen LogP contribution in [0.4, 0.5) is 0 Å². The van der Waals surface area contributed by atoms with E-state index in [0.29, 0.717) is 24.3 Å². The van der Waals surface area contributed by atoms with Crippen LogP contribution in [0, 0.1) is 0 Å². The molecule has 0 aliphatic carbocycles. The van der Waals surface area contributed by atoms with Crippen molar-refractivity contribution in [2.24, 2.45) is 0 Å².